The van der Waals surface area contributed by atoms with Crippen molar-refractivity contribution in [1.29, 1.82) is 0 Å². The van der Waals surface area contributed by atoms with E-state index in [-0.39, 0.29) is 39.4 Å². The Hall–Kier alpha value is -5.97. The van der Waals surface area contributed by atoms with Crippen molar-refractivity contribution < 1.29 is 27.1 Å². The molecule has 0 spiro atoms. The molecule has 52 heavy (non-hydrogen) atoms. The highest BCUT2D eigenvalue weighted by molar-refractivity contribution is 6.31. The first-order valence-electron chi connectivity index (χ1n) is 15.8. The molecule has 1 unspecified atom stereocenters. The molecule has 1 aromatic carbocycles. The molecular weight excluding hydrogens is 708 g/mol. The van der Waals surface area contributed by atoms with Crippen molar-refractivity contribution in [3.05, 3.63) is 106 Å². The zero-order valence-corrected chi connectivity index (χ0v) is 28.1. The van der Waals surface area contributed by atoms with Gasteiger partial charge in [0.2, 0.25) is 11.8 Å². The van der Waals surface area contributed by atoms with Crippen LogP contribution in [0.3, 0.4) is 0 Å². The van der Waals surface area contributed by atoms with Gasteiger partial charge in [-0.15, -0.1) is 5.10 Å². The van der Waals surface area contributed by atoms with Gasteiger partial charge in [0.15, 0.2) is 11.5 Å². The first-order chi connectivity index (χ1) is 24.9. The van der Waals surface area contributed by atoms with Gasteiger partial charge in [0.25, 0.3) is 5.56 Å². The molecule has 1 N–H and O–H groups in total. The first kappa shape index (κ1) is 34.5. The van der Waals surface area contributed by atoms with Crippen LogP contribution in [-0.2, 0) is 11.0 Å². The number of fused-ring (bicyclic) bond motifs is 4. The summed E-state index contributed by atoms with van der Waals surface area (Å²) in [6.07, 6.45) is 2.81. The number of amides is 1. The summed E-state index contributed by atoms with van der Waals surface area (Å²) in [5.74, 6) is -1.20. The van der Waals surface area contributed by atoms with E-state index >= 15 is 0 Å². The van der Waals surface area contributed by atoms with Gasteiger partial charge in [0.05, 0.1) is 60.8 Å². The van der Waals surface area contributed by atoms with Crippen LogP contribution >= 0.6 is 11.6 Å². The molecule has 2 atom stereocenters. The third-order valence-electron chi connectivity index (χ3n) is 8.63. The molecule has 2 bridgehead atoms. The van der Waals surface area contributed by atoms with Crippen LogP contribution in [0.15, 0.2) is 78.4 Å². The van der Waals surface area contributed by atoms with Crippen molar-refractivity contribution in [2.45, 2.75) is 38.4 Å². The molecule has 5 aromatic heterocycles. The van der Waals surface area contributed by atoms with Crippen LogP contribution in [0.1, 0.15) is 43.6 Å². The lowest BCUT2D eigenvalue weighted by molar-refractivity contribution is -0.141. The summed E-state index contributed by atoms with van der Waals surface area (Å²) < 4.78 is 63.6. The van der Waals surface area contributed by atoms with Crippen molar-refractivity contribution in [3.63, 3.8) is 0 Å². The van der Waals surface area contributed by atoms with Crippen molar-refractivity contribution in [2.24, 2.45) is 5.92 Å². The number of hydrogen-bond acceptors (Lipinski definition) is 9. The third-order valence-corrected chi connectivity index (χ3v) is 8.87. The van der Waals surface area contributed by atoms with E-state index in [0.29, 0.717) is 41.9 Å². The number of alkyl halides is 3. The molecule has 1 aliphatic heterocycles. The highest BCUT2D eigenvalue weighted by atomic mass is 35.5. The molecule has 0 fully saturated rings. The van der Waals surface area contributed by atoms with E-state index in [4.69, 9.17) is 16.3 Å². The molecule has 0 aliphatic carbocycles. The number of ether oxygens (including phenoxy) is 1. The number of carbonyl (C=O) groups excluding carboxylic acids is 1. The van der Waals surface area contributed by atoms with Crippen molar-refractivity contribution >= 4 is 23.2 Å². The maximum atomic E-state index is 14.9. The van der Waals surface area contributed by atoms with Crippen LogP contribution in [0.4, 0.5) is 23.2 Å². The summed E-state index contributed by atoms with van der Waals surface area (Å²) in [5, 5.41) is 14.7. The molecule has 1 amide bonds. The number of pyridine rings is 2. The number of nitrogens with zero attached hydrogens (tertiary/aromatic N) is 9. The summed E-state index contributed by atoms with van der Waals surface area (Å²) in [6, 6.07) is 9.80. The van der Waals surface area contributed by atoms with E-state index in [1.165, 1.54) is 59.2 Å². The maximum absolute atomic E-state index is 14.9. The minimum Gasteiger partial charge on any atom is -0.481 e. The van der Waals surface area contributed by atoms with Gasteiger partial charge in [0, 0.05) is 40.4 Å². The second kappa shape index (κ2) is 13.6. The predicted molar refractivity (Wildman–Crippen MR) is 180 cm³/mol. The van der Waals surface area contributed by atoms with E-state index in [2.05, 4.69) is 35.7 Å². The van der Waals surface area contributed by atoms with Crippen LogP contribution in [0.5, 0.6) is 5.88 Å². The summed E-state index contributed by atoms with van der Waals surface area (Å²) >= 11 is 6.26. The van der Waals surface area contributed by atoms with Crippen LogP contribution in [0.25, 0.3) is 33.9 Å². The Bertz CT molecular complexity index is 2370. The number of methoxy groups -OCH3 is 1. The number of rotatable bonds is 5. The summed E-state index contributed by atoms with van der Waals surface area (Å²) in [6.45, 7) is 1.78. The molecule has 6 heterocycles. The monoisotopic (exact) mass is 734 g/mol. The van der Waals surface area contributed by atoms with Gasteiger partial charge in [-0.1, -0.05) is 30.2 Å². The largest absolute Gasteiger partial charge is 0.481 e. The standard InChI is InChI=1S/C34H27ClF4N10O3/c1-18-4-3-5-27(47-17-42-23(12-31(47)50)21-11-20(35)6-7-26(21)49-16-29(44-46-49)34(37,38)39)24-10-19(8-9-40-24)32-25(43-33(18)51)15-48(45-32)28-13-30(52-2)41-14-22(28)36/h6-18,27H,3-5H2,1-2H3,(H,43,51)/t18?,27-/m0/s1. The molecule has 7 rings (SSSR count). The molecule has 0 saturated carbocycles. The van der Waals surface area contributed by atoms with Gasteiger partial charge < -0.3 is 10.1 Å². The van der Waals surface area contributed by atoms with Crippen molar-refractivity contribution in [3.8, 4) is 39.8 Å². The topological polar surface area (TPSA) is 148 Å². The zero-order chi connectivity index (χ0) is 36.7. The van der Waals surface area contributed by atoms with Gasteiger partial charge in [-0.25, -0.2) is 23.7 Å². The van der Waals surface area contributed by atoms with Gasteiger partial charge >= 0.3 is 6.18 Å². The average molecular weight is 735 g/mol. The smallest absolute Gasteiger partial charge is 0.436 e. The molecule has 6 aromatic rings. The van der Waals surface area contributed by atoms with Gasteiger partial charge in [0.1, 0.15) is 11.4 Å². The SMILES string of the molecule is COc1cc(-n2cc3c(n2)-c2ccnc(c2)[C@@H](n2cnc(-c4cc(Cl)ccc4-n4cc(C(F)(F)F)nn4)cc2=O)CCCC(C)C(=O)N3)c(F)cn1. The van der Waals surface area contributed by atoms with Crippen LogP contribution in [0.2, 0.25) is 5.02 Å². The number of halogens is 5. The molecule has 13 nitrogen and oxygen atoms in total. The average Bonchev–Trinajstić information content (AvgIpc) is 3.79. The van der Waals surface area contributed by atoms with E-state index in [9.17, 15) is 27.2 Å². The predicted octanol–water partition coefficient (Wildman–Crippen LogP) is 6.30. The number of anilines is 1. The number of carbonyl (C=O) groups is 1. The fourth-order valence-electron chi connectivity index (χ4n) is 5.93. The summed E-state index contributed by atoms with van der Waals surface area (Å²) in [7, 11) is 1.40. The highest BCUT2D eigenvalue weighted by Crippen LogP contribution is 2.35. The third kappa shape index (κ3) is 6.73. The fourth-order valence-corrected chi connectivity index (χ4v) is 6.10. The number of aromatic nitrogens is 9. The molecular formula is C34H27ClF4N10O3. The summed E-state index contributed by atoms with van der Waals surface area (Å²) in [4.78, 5) is 40.2. The Morgan fingerprint density at radius 1 is 0.981 bits per heavy atom. The van der Waals surface area contributed by atoms with Crippen molar-refractivity contribution in [1.82, 2.24) is 44.3 Å². The van der Waals surface area contributed by atoms with E-state index < -0.39 is 35.2 Å². The lowest BCUT2D eigenvalue weighted by Gasteiger charge is -2.22. The van der Waals surface area contributed by atoms with E-state index in [1.807, 2.05) is 0 Å². The minimum atomic E-state index is -4.71. The molecule has 0 saturated heterocycles. The molecule has 18 heteroatoms. The van der Waals surface area contributed by atoms with E-state index in [1.54, 1.807) is 25.3 Å². The van der Waals surface area contributed by atoms with Gasteiger partial charge in [-0.05, 0) is 43.2 Å². The minimum absolute atomic E-state index is 0.0447. The summed E-state index contributed by atoms with van der Waals surface area (Å²) in [5.41, 5.74) is 0.623. The molecule has 266 valence electrons. The van der Waals surface area contributed by atoms with Crippen molar-refractivity contribution in [2.75, 3.05) is 12.4 Å². The van der Waals surface area contributed by atoms with E-state index in [0.717, 1.165) is 17.1 Å². The highest BCUT2D eigenvalue weighted by Gasteiger charge is 2.35. The first-order valence-corrected chi connectivity index (χ1v) is 16.2. The number of nitrogens with one attached hydrogen (secondary N) is 1. The van der Waals surface area contributed by atoms with Crippen LogP contribution in [0, 0.1) is 11.7 Å². The molecule has 0 radical (unpaired) electrons. The normalized spacial score (nSPS) is 16.4. The van der Waals surface area contributed by atoms with Gasteiger partial charge in [-0.2, -0.15) is 18.3 Å². The Kier molecular flexibility index (Phi) is 9.04. The number of benzene rings is 1. The fraction of sp³-hybridized carbons (Fsp3) is 0.235. The Morgan fingerprint density at radius 3 is 2.56 bits per heavy atom. The number of hydrogen-bond donors (Lipinski definition) is 1. The lowest BCUT2D eigenvalue weighted by Crippen LogP contribution is -2.27. The Morgan fingerprint density at radius 2 is 1.81 bits per heavy atom. The quantitative estimate of drug-likeness (QED) is 0.202. The second-order valence-electron chi connectivity index (χ2n) is 12.0. The Balaban J connectivity index is 1.30. The van der Waals surface area contributed by atoms with Crippen LogP contribution in [-0.4, -0.2) is 57.3 Å². The zero-order valence-electron chi connectivity index (χ0n) is 27.3. The molecule has 1 aliphatic rings. The Labute approximate surface area is 296 Å². The van der Waals surface area contributed by atoms with Crippen LogP contribution < -0.4 is 15.6 Å². The van der Waals surface area contributed by atoms with Gasteiger partial charge in [-0.3, -0.25) is 19.1 Å². The second-order valence-corrected chi connectivity index (χ2v) is 12.5. The maximum Gasteiger partial charge on any atom is 0.436 e. The lowest BCUT2D eigenvalue weighted by atomic mass is 9.97.